The maximum absolute atomic E-state index is 6.26. The predicted molar refractivity (Wildman–Crippen MR) is 65.2 cm³/mol. The number of aromatic nitrogens is 2. The Labute approximate surface area is 97.4 Å². The van der Waals surface area contributed by atoms with E-state index in [1.807, 2.05) is 11.7 Å². The first kappa shape index (κ1) is 11.6. The third-order valence-corrected chi connectivity index (χ3v) is 3.52. The van der Waals surface area contributed by atoms with E-state index in [4.69, 9.17) is 5.73 Å². The third-order valence-electron chi connectivity index (χ3n) is 3.52. The lowest BCUT2D eigenvalue weighted by Gasteiger charge is -2.37. The number of hydrogen-bond acceptors (Lipinski definition) is 3. The molecule has 0 aliphatic carbocycles. The molecule has 4 nitrogen and oxygen atoms in total. The van der Waals surface area contributed by atoms with Crippen LogP contribution in [0.4, 0.5) is 0 Å². The molecule has 2 heterocycles. The van der Waals surface area contributed by atoms with Crippen molar-refractivity contribution in [3.05, 3.63) is 17.5 Å². The van der Waals surface area contributed by atoms with Gasteiger partial charge in [-0.15, -0.1) is 0 Å². The molecule has 0 radical (unpaired) electrons. The van der Waals surface area contributed by atoms with Crippen LogP contribution in [0.25, 0.3) is 0 Å². The standard InChI is InChI=1S/C12H22N4/c1-4-11-9(8-16(3)14-11)12-10(13)6-5-7-15(12)2/h8,10,12H,4-7,13H2,1-3H3. The maximum atomic E-state index is 6.26. The molecule has 0 saturated carbocycles. The first-order valence-corrected chi connectivity index (χ1v) is 6.11. The normalized spacial score (nSPS) is 27.2. The van der Waals surface area contributed by atoms with E-state index in [0.29, 0.717) is 6.04 Å². The van der Waals surface area contributed by atoms with Gasteiger partial charge in [0.15, 0.2) is 0 Å². The van der Waals surface area contributed by atoms with E-state index in [0.717, 1.165) is 19.4 Å². The lowest BCUT2D eigenvalue weighted by Crippen LogP contribution is -2.44. The van der Waals surface area contributed by atoms with E-state index in [1.165, 1.54) is 17.7 Å². The number of nitrogens with two attached hydrogens (primary N) is 1. The van der Waals surface area contributed by atoms with Gasteiger partial charge in [0.2, 0.25) is 0 Å². The molecule has 2 unspecified atom stereocenters. The molecule has 1 aromatic rings. The van der Waals surface area contributed by atoms with E-state index < -0.39 is 0 Å². The largest absolute Gasteiger partial charge is 0.326 e. The summed E-state index contributed by atoms with van der Waals surface area (Å²) in [6.45, 7) is 3.29. The van der Waals surface area contributed by atoms with Crippen LogP contribution >= 0.6 is 0 Å². The van der Waals surface area contributed by atoms with Crippen molar-refractivity contribution in [2.45, 2.75) is 38.3 Å². The van der Waals surface area contributed by atoms with Crippen LogP contribution in [-0.4, -0.2) is 34.3 Å². The Morgan fingerprint density at radius 2 is 2.25 bits per heavy atom. The van der Waals surface area contributed by atoms with E-state index in [1.54, 1.807) is 0 Å². The number of rotatable bonds is 2. The Hall–Kier alpha value is -0.870. The van der Waals surface area contributed by atoms with E-state index in [9.17, 15) is 0 Å². The molecule has 4 heteroatoms. The molecule has 16 heavy (non-hydrogen) atoms. The van der Waals surface area contributed by atoms with E-state index in [2.05, 4.69) is 30.2 Å². The number of nitrogens with zero attached hydrogens (tertiary/aromatic N) is 3. The van der Waals surface area contributed by atoms with Crippen molar-refractivity contribution in [1.82, 2.24) is 14.7 Å². The molecule has 0 aromatic carbocycles. The number of likely N-dealkylation sites (tertiary alicyclic amines) is 1. The number of likely N-dealkylation sites (N-methyl/N-ethyl adjacent to an activating group) is 1. The van der Waals surface area contributed by atoms with E-state index >= 15 is 0 Å². The highest BCUT2D eigenvalue weighted by Crippen LogP contribution is 2.30. The SMILES string of the molecule is CCc1nn(C)cc1C1C(N)CCCN1C. The van der Waals surface area contributed by atoms with Crippen molar-refractivity contribution in [1.29, 1.82) is 0 Å². The van der Waals surface area contributed by atoms with Gasteiger partial charge in [0.05, 0.1) is 11.7 Å². The second-order valence-corrected chi connectivity index (χ2v) is 4.79. The number of hydrogen-bond donors (Lipinski definition) is 1. The van der Waals surface area contributed by atoms with Crippen LogP contribution < -0.4 is 5.73 Å². The summed E-state index contributed by atoms with van der Waals surface area (Å²) in [6.07, 6.45) is 5.43. The van der Waals surface area contributed by atoms with Gasteiger partial charge < -0.3 is 5.73 Å². The summed E-state index contributed by atoms with van der Waals surface area (Å²) in [5, 5.41) is 4.51. The highest BCUT2D eigenvalue weighted by molar-refractivity contribution is 5.24. The molecule has 1 aromatic heterocycles. The zero-order valence-corrected chi connectivity index (χ0v) is 10.5. The van der Waals surface area contributed by atoms with Gasteiger partial charge >= 0.3 is 0 Å². The van der Waals surface area contributed by atoms with Crippen LogP contribution in [0.15, 0.2) is 6.20 Å². The Morgan fingerprint density at radius 3 is 2.88 bits per heavy atom. The second kappa shape index (κ2) is 4.55. The van der Waals surface area contributed by atoms with Gasteiger partial charge in [-0.2, -0.15) is 5.10 Å². The fourth-order valence-corrected chi connectivity index (χ4v) is 2.74. The molecule has 1 aliphatic heterocycles. The van der Waals surface area contributed by atoms with Crippen LogP contribution in [0, 0.1) is 0 Å². The summed E-state index contributed by atoms with van der Waals surface area (Å²) >= 11 is 0. The Bertz CT molecular complexity index is 348. The molecular weight excluding hydrogens is 200 g/mol. The van der Waals surface area contributed by atoms with Gasteiger partial charge in [-0.25, -0.2) is 0 Å². The van der Waals surface area contributed by atoms with Gasteiger partial charge in [-0.05, 0) is 32.9 Å². The quantitative estimate of drug-likeness (QED) is 0.814. The molecule has 2 rings (SSSR count). The van der Waals surface area contributed by atoms with Crippen molar-refractivity contribution >= 4 is 0 Å². The third kappa shape index (κ3) is 1.99. The minimum atomic E-state index is 0.244. The zero-order valence-electron chi connectivity index (χ0n) is 10.5. The second-order valence-electron chi connectivity index (χ2n) is 4.79. The summed E-state index contributed by atoms with van der Waals surface area (Å²) in [6, 6.07) is 0.589. The smallest absolute Gasteiger partial charge is 0.0670 e. The monoisotopic (exact) mass is 222 g/mol. The van der Waals surface area contributed by atoms with Crippen molar-refractivity contribution < 1.29 is 0 Å². The zero-order chi connectivity index (χ0) is 11.7. The highest BCUT2D eigenvalue weighted by Gasteiger charge is 2.30. The minimum absolute atomic E-state index is 0.244. The Morgan fingerprint density at radius 1 is 1.50 bits per heavy atom. The summed E-state index contributed by atoms with van der Waals surface area (Å²) in [4.78, 5) is 2.37. The van der Waals surface area contributed by atoms with Crippen molar-refractivity contribution in [3.63, 3.8) is 0 Å². The lowest BCUT2D eigenvalue weighted by molar-refractivity contribution is 0.162. The summed E-state index contributed by atoms with van der Waals surface area (Å²) in [5.41, 5.74) is 8.77. The fourth-order valence-electron chi connectivity index (χ4n) is 2.74. The van der Waals surface area contributed by atoms with Gasteiger partial charge in [0, 0.05) is 24.8 Å². The maximum Gasteiger partial charge on any atom is 0.0670 e. The van der Waals surface area contributed by atoms with Crippen molar-refractivity contribution in [3.8, 4) is 0 Å². The number of aryl methyl sites for hydroxylation is 2. The van der Waals surface area contributed by atoms with Crippen LogP contribution in [0.2, 0.25) is 0 Å². The van der Waals surface area contributed by atoms with Gasteiger partial charge in [-0.1, -0.05) is 6.92 Å². The topological polar surface area (TPSA) is 47.1 Å². The molecule has 0 bridgehead atoms. The first-order valence-electron chi connectivity index (χ1n) is 6.11. The highest BCUT2D eigenvalue weighted by atomic mass is 15.3. The predicted octanol–water partition coefficient (Wildman–Crippen LogP) is 1.08. The number of piperidine rings is 1. The van der Waals surface area contributed by atoms with E-state index in [-0.39, 0.29) is 6.04 Å². The van der Waals surface area contributed by atoms with Gasteiger partial charge in [-0.3, -0.25) is 9.58 Å². The Balaban J connectivity index is 2.33. The van der Waals surface area contributed by atoms with Crippen LogP contribution in [0.3, 0.4) is 0 Å². The Kier molecular flexibility index (Phi) is 3.30. The molecule has 1 saturated heterocycles. The molecule has 0 amide bonds. The minimum Gasteiger partial charge on any atom is -0.326 e. The van der Waals surface area contributed by atoms with Crippen LogP contribution in [0.5, 0.6) is 0 Å². The van der Waals surface area contributed by atoms with Crippen LogP contribution in [-0.2, 0) is 13.5 Å². The van der Waals surface area contributed by atoms with Crippen molar-refractivity contribution in [2.75, 3.05) is 13.6 Å². The average Bonchev–Trinajstić information content (AvgIpc) is 2.59. The summed E-state index contributed by atoms with van der Waals surface area (Å²) in [5.74, 6) is 0. The van der Waals surface area contributed by atoms with Gasteiger partial charge in [0.25, 0.3) is 0 Å². The molecule has 2 N–H and O–H groups in total. The molecule has 1 aliphatic rings. The lowest BCUT2D eigenvalue weighted by atomic mass is 9.91. The molecular formula is C12H22N4. The average molecular weight is 222 g/mol. The molecule has 0 spiro atoms. The first-order chi connectivity index (χ1) is 7.63. The summed E-state index contributed by atoms with van der Waals surface area (Å²) in [7, 11) is 4.15. The molecule has 2 atom stereocenters. The van der Waals surface area contributed by atoms with Gasteiger partial charge in [0.1, 0.15) is 0 Å². The fraction of sp³-hybridized carbons (Fsp3) is 0.750. The summed E-state index contributed by atoms with van der Waals surface area (Å²) < 4.78 is 1.91. The molecule has 90 valence electrons. The molecule has 1 fully saturated rings. The van der Waals surface area contributed by atoms with Crippen molar-refractivity contribution in [2.24, 2.45) is 12.8 Å². The van der Waals surface area contributed by atoms with Crippen LogP contribution in [0.1, 0.15) is 37.1 Å².